The van der Waals surface area contributed by atoms with Crippen LogP contribution in [0.4, 0.5) is 11.6 Å². The van der Waals surface area contributed by atoms with Crippen molar-refractivity contribution in [1.29, 1.82) is 0 Å². The number of aromatic nitrogens is 4. The predicted molar refractivity (Wildman–Crippen MR) is 110 cm³/mol. The Labute approximate surface area is 172 Å². The van der Waals surface area contributed by atoms with Crippen molar-refractivity contribution in [3.63, 3.8) is 0 Å². The van der Waals surface area contributed by atoms with Crippen LogP contribution in [0.2, 0.25) is 0 Å². The molecule has 0 saturated heterocycles. The Morgan fingerprint density at radius 1 is 1.10 bits per heavy atom. The largest absolute Gasteiger partial charge is 0.356 e. The SMILES string of the molecule is C[C@H](C(=O)Nc1ccc(-c2ccccc2)nn1)n1cnc2c1C(=O)N(C)C(O)N2C. The van der Waals surface area contributed by atoms with Crippen LogP contribution in [0, 0.1) is 0 Å². The van der Waals surface area contributed by atoms with E-state index in [1.807, 2.05) is 30.3 Å². The molecule has 0 bridgehead atoms. The smallest absolute Gasteiger partial charge is 0.277 e. The number of carbonyl (C=O) groups is 2. The van der Waals surface area contributed by atoms with Crippen molar-refractivity contribution < 1.29 is 14.7 Å². The van der Waals surface area contributed by atoms with E-state index in [0.29, 0.717) is 17.3 Å². The number of aliphatic hydroxyl groups excluding tert-OH is 1. The first-order valence-corrected chi connectivity index (χ1v) is 9.33. The Morgan fingerprint density at radius 2 is 1.83 bits per heavy atom. The molecule has 0 aliphatic carbocycles. The van der Waals surface area contributed by atoms with E-state index in [9.17, 15) is 14.7 Å². The molecule has 0 fully saturated rings. The number of aliphatic hydroxyl groups is 1. The van der Waals surface area contributed by atoms with Crippen molar-refractivity contribution in [2.45, 2.75) is 19.3 Å². The second kappa shape index (κ2) is 7.56. The molecule has 10 nitrogen and oxygen atoms in total. The minimum Gasteiger partial charge on any atom is -0.356 e. The van der Waals surface area contributed by atoms with Gasteiger partial charge in [-0.2, -0.15) is 0 Å². The lowest BCUT2D eigenvalue weighted by molar-refractivity contribution is -0.118. The van der Waals surface area contributed by atoms with E-state index >= 15 is 0 Å². The van der Waals surface area contributed by atoms with Crippen molar-refractivity contribution in [1.82, 2.24) is 24.6 Å². The van der Waals surface area contributed by atoms with Gasteiger partial charge in [-0.3, -0.25) is 14.5 Å². The van der Waals surface area contributed by atoms with Crippen LogP contribution in [-0.2, 0) is 4.79 Å². The molecule has 1 aromatic carbocycles. The highest BCUT2D eigenvalue weighted by Crippen LogP contribution is 2.29. The number of fused-ring (bicyclic) bond motifs is 1. The van der Waals surface area contributed by atoms with Crippen molar-refractivity contribution >= 4 is 23.5 Å². The lowest BCUT2D eigenvalue weighted by Crippen LogP contribution is -2.52. The Kier molecular flexibility index (Phi) is 4.92. The molecule has 2 amide bonds. The first-order chi connectivity index (χ1) is 14.4. The standard InChI is InChI=1S/C20H21N7O3/c1-12(27-11-21-17-16(27)19(29)26(3)20(30)25(17)2)18(28)22-15-10-9-14(23-24-15)13-7-5-4-6-8-13/h4-12,20,30H,1-3H3,(H,22,24,28)/t12-,20?/m1/s1. The van der Waals surface area contributed by atoms with Crippen LogP contribution in [0.15, 0.2) is 48.8 Å². The van der Waals surface area contributed by atoms with E-state index in [1.54, 1.807) is 26.1 Å². The average Bonchev–Trinajstić information content (AvgIpc) is 3.22. The number of amides is 2. The number of nitrogens with one attached hydrogen (secondary N) is 1. The van der Waals surface area contributed by atoms with E-state index < -0.39 is 18.3 Å². The number of carbonyl (C=O) groups excluding carboxylic acids is 2. The second-order valence-electron chi connectivity index (χ2n) is 7.03. The number of imidazole rings is 1. The zero-order valence-corrected chi connectivity index (χ0v) is 16.7. The molecule has 1 unspecified atom stereocenters. The summed E-state index contributed by atoms with van der Waals surface area (Å²) in [4.78, 5) is 32.3. The van der Waals surface area contributed by atoms with Crippen LogP contribution in [0.5, 0.6) is 0 Å². The maximum Gasteiger partial charge on any atom is 0.277 e. The molecule has 2 aromatic heterocycles. The van der Waals surface area contributed by atoms with Gasteiger partial charge in [0.05, 0.1) is 12.0 Å². The molecule has 2 N–H and O–H groups in total. The summed E-state index contributed by atoms with van der Waals surface area (Å²) in [7, 11) is 3.11. The lowest BCUT2D eigenvalue weighted by atomic mass is 10.1. The normalized spacial score (nSPS) is 16.9. The summed E-state index contributed by atoms with van der Waals surface area (Å²) in [6.07, 6.45) is 0.301. The molecule has 1 aliphatic rings. The van der Waals surface area contributed by atoms with E-state index in [2.05, 4.69) is 20.5 Å². The zero-order valence-electron chi connectivity index (χ0n) is 16.7. The number of rotatable bonds is 4. The molecule has 30 heavy (non-hydrogen) atoms. The second-order valence-corrected chi connectivity index (χ2v) is 7.03. The van der Waals surface area contributed by atoms with E-state index in [4.69, 9.17) is 0 Å². The summed E-state index contributed by atoms with van der Waals surface area (Å²) in [5, 5.41) is 21.0. The van der Waals surface area contributed by atoms with Crippen molar-refractivity contribution in [2.24, 2.45) is 0 Å². The fourth-order valence-corrected chi connectivity index (χ4v) is 3.27. The van der Waals surface area contributed by atoms with Gasteiger partial charge in [-0.25, -0.2) is 4.98 Å². The number of nitrogens with zero attached hydrogens (tertiary/aromatic N) is 6. The first kappa shape index (κ1) is 19.5. The third-order valence-electron chi connectivity index (χ3n) is 5.11. The van der Waals surface area contributed by atoms with Crippen LogP contribution in [0.25, 0.3) is 11.3 Å². The number of hydrogen-bond donors (Lipinski definition) is 2. The van der Waals surface area contributed by atoms with Crippen LogP contribution >= 0.6 is 0 Å². The van der Waals surface area contributed by atoms with E-state index in [1.165, 1.54) is 27.7 Å². The van der Waals surface area contributed by atoms with Gasteiger partial charge < -0.3 is 19.9 Å². The van der Waals surface area contributed by atoms with Gasteiger partial charge in [0.2, 0.25) is 12.3 Å². The van der Waals surface area contributed by atoms with E-state index in [-0.39, 0.29) is 11.6 Å². The maximum atomic E-state index is 12.8. The molecule has 2 atom stereocenters. The monoisotopic (exact) mass is 407 g/mol. The maximum absolute atomic E-state index is 12.8. The third-order valence-corrected chi connectivity index (χ3v) is 5.11. The Morgan fingerprint density at radius 3 is 2.50 bits per heavy atom. The number of anilines is 2. The van der Waals surface area contributed by atoms with Gasteiger partial charge in [-0.15, -0.1) is 10.2 Å². The summed E-state index contributed by atoms with van der Waals surface area (Å²) in [5.41, 5.74) is 1.86. The fraction of sp³-hybridized carbons (Fsp3) is 0.250. The molecule has 0 spiro atoms. The average molecular weight is 407 g/mol. The molecule has 4 rings (SSSR count). The highest BCUT2D eigenvalue weighted by molar-refractivity contribution is 6.00. The highest BCUT2D eigenvalue weighted by atomic mass is 16.3. The van der Waals surface area contributed by atoms with Crippen molar-refractivity contribution in [3.8, 4) is 11.3 Å². The van der Waals surface area contributed by atoms with Gasteiger partial charge in [-0.1, -0.05) is 30.3 Å². The number of benzene rings is 1. The zero-order chi connectivity index (χ0) is 21.4. The first-order valence-electron chi connectivity index (χ1n) is 9.33. The number of hydrogen-bond acceptors (Lipinski definition) is 7. The Balaban J connectivity index is 1.53. The molecular formula is C20H21N7O3. The molecule has 3 heterocycles. The summed E-state index contributed by atoms with van der Waals surface area (Å²) >= 11 is 0. The van der Waals surface area contributed by atoms with Gasteiger partial charge in [0.1, 0.15) is 6.04 Å². The molecular weight excluding hydrogens is 386 g/mol. The lowest BCUT2D eigenvalue weighted by Gasteiger charge is -2.36. The van der Waals surface area contributed by atoms with Crippen molar-refractivity contribution in [2.75, 3.05) is 24.3 Å². The van der Waals surface area contributed by atoms with Crippen LogP contribution in [0.3, 0.4) is 0 Å². The quantitative estimate of drug-likeness (QED) is 0.670. The summed E-state index contributed by atoms with van der Waals surface area (Å²) < 4.78 is 1.48. The van der Waals surface area contributed by atoms with Gasteiger partial charge in [0, 0.05) is 19.7 Å². The summed E-state index contributed by atoms with van der Waals surface area (Å²) in [5.74, 6) is -0.172. The highest BCUT2D eigenvalue weighted by Gasteiger charge is 2.37. The topological polar surface area (TPSA) is 116 Å². The van der Waals surface area contributed by atoms with Gasteiger partial charge >= 0.3 is 0 Å². The van der Waals surface area contributed by atoms with Gasteiger partial charge in [-0.05, 0) is 19.1 Å². The molecule has 0 radical (unpaired) electrons. The third kappa shape index (κ3) is 3.26. The van der Waals surface area contributed by atoms with E-state index in [0.717, 1.165) is 5.56 Å². The molecule has 1 aliphatic heterocycles. The van der Waals surface area contributed by atoms with Crippen LogP contribution < -0.4 is 10.2 Å². The molecule has 154 valence electrons. The Bertz CT molecular complexity index is 1080. The van der Waals surface area contributed by atoms with Crippen LogP contribution in [-0.4, -0.2) is 62.0 Å². The minimum atomic E-state index is -1.11. The fourth-order valence-electron chi connectivity index (χ4n) is 3.27. The minimum absolute atomic E-state index is 0.235. The molecule has 0 saturated carbocycles. The molecule has 10 heteroatoms. The van der Waals surface area contributed by atoms with Crippen molar-refractivity contribution in [3.05, 3.63) is 54.5 Å². The summed E-state index contributed by atoms with van der Waals surface area (Å²) in [6.45, 7) is 1.65. The van der Waals surface area contributed by atoms with Gasteiger partial charge in [0.15, 0.2) is 17.3 Å². The van der Waals surface area contributed by atoms with Gasteiger partial charge in [0.25, 0.3) is 5.91 Å². The molecule has 3 aromatic rings. The van der Waals surface area contributed by atoms with Crippen LogP contribution in [0.1, 0.15) is 23.5 Å². The Hall–Kier alpha value is -3.79. The predicted octanol–water partition coefficient (Wildman–Crippen LogP) is 1.34. The summed E-state index contributed by atoms with van der Waals surface area (Å²) in [6, 6.07) is 12.3.